The third-order valence-corrected chi connectivity index (χ3v) is 8.69. The van der Waals surface area contributed by atoms with E-state index in [1.54, 1.807) is 0 Å². The molecule has 3 aliphatic carbocycles. The second kappa shape index (κ2) is 4.17. The number of rotatable bonds is 1. The Kier molecular flexibility index (Phi) is 3.23. The van der Waals surface area contributed by atoms with E-state index in [1.807, 2.05) is 0 Å². The van der Waals surface area contributed by atoms with Gasteiger partial charge in [0.25, 0.3) is 0 Å². The molecule has 0 aromatic heterocycles. The van der Waals surface area contributed by atoms with Gasteiger partial charge in [-0.2, -0.15) is 0 Å². The molecular weight excluding hydrogens is 343 g/mol. The van der Waals surface area contributed by atoms with Crippen LogP contribution in [0.25, 0.3) is 0 Å². The van der Waals surface area contributed by atoms with Crippen molar-refractivity contribution in [3.8, 4) is 0 Å². The Morgan fingerprint density at radius 1 is 1.21 bits per heavy atom. The lowest BCUT2D eigenvalue weighted by Gasteiger charge is -2.42. The van der Waals surface area contributed by atoms with Gasteiger partial charge in [-0.1, -0.05) is 54.8 Å². The highest BCUT2D eigenvalue weighted by atomic mass is 79.9. The van der Waals surface area contributed by atoms with E-state index in [2.05, 4.69) is 42.8 Å². The molecule has 19 heavy (non-hydrogen) atoms. The van der Waals surface area contributed by atoms with E-state index < -0.39 is 4.33 Å². The molecule has 0 aliphatic heterocycles. The topological polar surface area (TPSA) is 0 Å². The minimum Gasteiger partial charge on any atom is -0.100 e. The molecule has 0 N–H and O–H groups in total. The van der Waals surface area contributed by atoms with Crippen LogP contribution in [0.15, 0.2) is 11.6 Å². The molecule has 0 saturated heterocycles. The quantitative estimate of drug-likeness (QED) is 0.388. The van der Waals surface area contributed by atoms with Gasteiger partial charge >= 0.3 is 0 Å². The zero-order chi connectivity index (χ0) is 14.1. The summed E-state index contributed by atoms with van der Waals surface area (Å²) in [5, 5.41) is 0.990. The normalized spacial score (nSPS) is 46.6. The average Bonchev–Trinajstić information content (AvgIpc) is 2.74. The number of allylic oxidation sites excluding steroid dienone is 2. The van der Waals surface area contributed by atoms with Crippen LogP contribution < -0.4 is 0 Å². The molecule has 0 bridgehead atoms. The first-order chi connectivity index (χ1) is 8.73. The first-order valence-electron chi connectivity index (χ1n) is 7.36. The summed E-state index contributed by atoms with van der Waals surface area (Å²) in [4.78, 5) is 0. The molecule has 3 rings (SSSR count). The van der Waals surface area contributed by atoms with Crippen molar-refractivity contribution in [1.29, 1.82) is 0 Å². The lowest BCUT2D eigenvalue weighted by molar-refractivity contribution is 0.127. The average molecular weight is 366 g/mol. The predicted molar refractivity (Wildman–Crippen MR) is 87.2 cm³/mol. The Labute approximate surface area is 135 Å². The molecule has 0 unspecified atom stereocenters. The van der Waals surface area contributed by atoms with Crippen LogP contribution in [0.1, 0.15) is 52.9 Å². The van der Waals surface area contributed by atoms with Gasteiger partial charge in [0.2, 0.25) is 0 Å². The first-order valence-corrected chi connectivity index (χ1v) is 9.24. The molecule has 0 nitrogen and oxygen atoms in total. The van der Waals surface area contributed by atoms with Crippen LogP contribution in [-0.2, 0) is 0 Å². The highest BCUT2D eigenvalue weighted by Crippen LogP contribution is 2.87. The summed E-state index contributed by atoms with van der Waals surface area (Å²) in [5.74, 6) is 0.517. The number of hydrogen-bond acceptors (Lipinski definition) is 0. The summed E-state index contributed by atoms with van der Waals surface area (Å²) in [6, 6.07) is 0. The van der Waals surface area contributed by atoms with Crippen molar-refractivity contribution in [2.75, 3.05) is 5.33 Å². The Balaban J connectivity index is 2.12. The van der Waals surface area contributed by atoms with Gasteiger partial charge in [0, 0.05) is 16.2 Å². The second-order valence-corrected chi connectivity index (χ2v) is 9.54. The number of alkyl halides is 3. The molecule has 2 saturated carbocycles. The van der Waals surface area contributed by atoms with Crippen molar-refractivity contribution in [3.05, 3.63) is 11.6 Å². The molecule has 0 aromatic carbocycles. The van der Waals surface area contributed by atoms with Crippen LogP contribution in [0.4, 0.5) is 0 Å². The van der Waals surface area contributed by atoms with E-state index in [9.17, 15) is 0 Å². The Hall–Kier alpha value is 0.800. The highest BCUT2D eigenvalue weighted by Gasteiger charge is 2.86. The molecule has 0 radical (unpaired) electrons. The van der Waals surface area contributed by atoms with E-state index in [4.69, 9.17) is 23.2 Å². The lowest BCUT2D eigenvalue weighted by atomic mass is 9.63. The summed E-state index contributed by atoms with van der Waals surface area (Å²) in [7, 11) is 0. The summed E-state index contributed by atoms with van der Waals surface area (Å²) in [6.07, 6.45) is 8.52. The molecule has 3 heteroatoms. The highest BCUT2D eigenvalue weighted by molar-refractivity contribution is 9.09. The Bertz CT molecular complexity index is 440. The molecule has 1 spiro atoms. The molecule has 0 heterocycles. The van der Waals surface area contributed by atoms with Gasteiger partial charge in [-0.25, -0.2) is 0 Å². The van der Waals surface area contributed by atoms with Crippen LogP contribution in [-0.4, -0.2) is 9.66 Å². The minimum absolute atomic E-state index is 0.106. The summed E-state index contributed by atoms with van der Waals surface area (Å²) < 4.78 is -0.531. The molecule has 108 valence electrons. The van der Waals surface area contributed by atoms with Crippen molar-refractivity contribution in [3.63, 3.8) is 0 Å². The van der Waals surface area contributed by atoms with Gasteiger partial charge in [-0.05, 0) is 37.0 Å². The van der Waals surface area contributed by atoms with E-state index >= 15 is 0 Å². The monoisotopic (exact) mass is 364 g/mol. The maximum atomic E-state index is 6.83. The van der Waals surface area contributed by atoms with Gasteiger partial charge in [-0.3, -0.25) is 0 Å². The van der Waals surface area contributed by atoms with Crippen molar-refractivity contribution in [2.24, 2.45) is 22.2 Å². The summed E-state index contributed by atoms with van der Waals surface area (Å²) in [6.45, 7) is 7.14. The van der Waals surface area contributed by atoms with Gasteiger partial charge in [-0.15, -0.1) is 23.2 Å². The molecule has 0 amide bonds. The van der Waals surface area contributed by atoms with Crippen molar-refractivity contribution in [2.45, 2.75) is 57.2 Å². The maximum Gasteiger partial charge on any atom is 0.131 e. The Morgan fingerprint density at radius 3 is 2.53 bits per heavy atom. The fraction of sp³-hybridized carbons (Fsp3) is 0.875. The van der Waals surface area contributed by atoms with E-state index in [0.29, 0.717) is 11.3 Å². The van der Waals surface area contributed by atoms with Gasteiger partial charge in [0.05, 0.1) is 0 Å². The number of hydrogen-bond donors (Lipinski definition) is 0. The van der Waals surface area contributed by atoms with Gasteiger partial charge in [0.15, 0.2) is 0 Å². The largest absolute Gasteiger partial charge is 0.131 e. The second-order valence-electron chi connectivity index (χ2n) is 7.66. The molecule has 0 aromatic rings. The van der Waals surface area contributed by atoms with Gasteiger partial charge < -0.3 is 0 Å². The standard InChI is InChI=1S/C16H23BrCl2/c1-13(2)6-4-7-14(3)15(16(14,18)19)8-5-11(10-17)9-12(13)15/h9,12H,4-8,10H2,1-3H3/t12-,14-,15+/m1/s1. The minimum atomic E-state index is -0.531. The van der Waals surface area contributed by atoms with Crippen LogP contribution >= 0.6 is 39.1 Å². The third kappa shape index (κ3) is 1.59. The van der Waals surface area contributed by atoms with Crippen LogP contribution in [0.3, 0.4) is 0 Å². The number of halogens is 3. The molecule has 3 atom stereocenters. The maximum absolute atomic E-state index is 6.83. The molecule has 2 fully saturated rings. The Morgan fingerprint density at radius 2 is 1.89 bits per heavy atom. The van der Waals surface area contributed by atoms with Crippen molar-refractivity contribution in [1.82, 2.24) is 0 Å². The smallest absolute Gasteiger partial charge is 0.100 e. The third-order valence-electron chi connectivity index (χ3n) is 6.46. The van der Waals surface area contributed by atoms with Crippen LogP contribution in [0.5, 0.6) is 0 Å². The fourth-order valence-electron chi connectivity index (χ4n) is 5.17. The first kappa shape index (κ1) is 14.7. The summed E-state index contributed by atoms with van der Waals surface area (Å²) in [5.41, 5.74) is 2.05. The van der Waals surface area contributed by atoms with E-state index in [0.717, 1.165) is 18.2 Å². The van der Waals surface area contributed by atoms with Gasteiger partial charge in [0.1, 0.15) is 4.33 Å². The molecular formula is C16H23BrCl2. The fourth-order valence-corrected chi connectivity index (χ4v) is 6.91. The van der Waals surface area contributed by atoms with Crippen LogP contribution in [0.2, 0.25) is 0 Å². The van der Waals surface area contributed by atoms with Crippen LogP contribution in [0, 0.1) is 22.2 Å². The molecule has 3 aliphatic rings. The lowest BCUT2D eigenvalue weighted by Crippen LogP contribution is -2.36. The SMILES string of the molecule is CC1(C)CCC[C@@]2(C)C(Cl)(Cl)[C@]23CCC(CBr)=C[C@H]13. The predicted octanol–water partition coefficient (Wildman–Crippen LogP) is 6.11. The zero-order valence-electron chi connectivity index (χ0n) is 12.0. The van der Waals surface area contributed by atoms with Crippen molar-refractivity contribution < 1.29 is 0 Å². The van der Waals surface area contributed by atoms with E-state index in [1.165, 1.54) is 24.8 Å². The zero-order valence-corrected chi connectivity index (χ0v) is 15.1. The van der Waals surface area contributed by atoms with Crippen molar-refractivity contribution >= 4 is 39.1 Å². The van der Waals surface area contributed by atoms with E-state index in [-0.39, 0.29) is 10.8 Å². The summed E-state index contributed by atoms with van der Waals surface area (Å²) >= 11 is 17.3.